The fourth-order valence-electron chi connectivity index (χ4n) is 8.91. The van der Waals surface area contributed by atoms with Gasteiger partial charge in [-0.15, -0.1) is 0 Å². The van der Waals surface area contributed by atoms with Crippen molar-refractivity contribution < 1.29 is 10.2 Å². The molecule has 4 aliphatic rings. The number of hydrogen-bond acceptors (Lipinski definition) is 4. The molecule has 2 N–H and O–H groups in total. The van der Waals surface area contributed by atoms with Crippen LogP contribution in [0, 0.1) is 46.3 Å². The van der Waals surface area contributed by atoms with Gasteiger partial charge in [0.15, 0.2) is 0 Å². The minimum Gasteiger partial charge on any atom is -0.393 e. The van der Waals surface area contributed by atoms with Crippen molar-refractivity contribution in [3.63, 3.8) is 0 Å². The zero-order chi connectivity index (χ0) is 20.8. The first-order valence-electron chi connectivity index (χ1n) is 12.2. The zero-order valence-electron chi connectivity index (χ0n) is 18.6. The maximum absolute atomic E-state index is 11.3. The summed E-state index contributed by atoms with van der Waals surface area (Å²) in [6.45, 7) is 8.32. The van der Waals surface area contributed by atoms with Gasteiger partial charge in [-0.1, -0.05) is 20.8 Å². The fourth-order valence-corrected chi connectivity index (χ4v) is 9.01. The van der Waals surface area contributed by atoms with Crippen LogP contribution in [-0.2, 0) is 0 Å². The Bertz CT molecular complexity index is 649. The third kappa shape index (κ3) is 3.67. The lowest BCUT2D eigenvalue weighted by atomic mass is 9.43. The summed E-state index contributed by atoms with van der Waals surface area (Å²) in [5, 5.41) is 24.1. The molecule has 4 rings (SSSR count). The number of aliphatic imine (C=N–C) groups is 1. The van der Waals surface area contributed by atoms with Crippen molar-refractivity contribution in [3.05, 3.63) is 0 Å². The third-order valence-electron chi connectivity index (χ3n) is 10.4. The molecular weight excluding hydrogens is 378 g/mol. The number of aliphatic hydroxyl groups is 2. The van der Waals surface area contributed by atoms with E-state index in [1.54, 1.807) is 0 Å². The van der Waals surface area contributed by atoms with Crippen LogP contribution in [0.3, 0.4) is 0 Å². The molecule has 4 heteroatoms. The average molecular weight is 420 g/mol. The molecule has 10 atom stereocenters. The predicted octanol–water partition coefficient (Wildman–Crippen LogP) is 5.50. The molecule has 0 aromatic carbocycles. The van der Waals surface area contributed by atoms with Gasteiger partial charge in [0.25, 0.3) is 0 Å². The van der Waals surface area contributed by atoms with Crippen LogP contribution in [0.1, 0.15) is 85.0 Å². The van der Waals surface area contributed by atoms with E-state index >= 15 is 0 Å². The van der Waals surface area contributed by atoms with Gasteiger partial charge >= 0.3 is 0 Å². The summed E-state index contributed by atoms with van der Waals surface area (Å²) in [6, 6.07) is 0. The minimum absolute atomic E-state index is 0.148. The van der Waals surface area contributed by atoms with E-state index in [-0.39, 0.29) is 12.2 Å². The highest BCUT2D eigenvalue weighted by atomic mass is 32.1. The number of rotatable bonds is 5. The van der Waals surface area contributed by atoms with E-state index in [0.717, 1.165) is 50.5 Å². The second kappa shape index (κ2) is 8.34. The molecule has 29 heavy (non-hydrogen) atoms. The van der Waals surface area contributed by atoms with E-state index in [4.69, 9.17) is 12.2 Å². The van der Waals surface area contributed by atoms with Gasteiger partial charge in [-0.25, -0.2) is 4.99 Å². The summed E-state index contributed by atoms with van der Waals surface area (Å²) in [6.07, 6.45) is 11.2. The SMILES string of the molecule is C[C@@H](CCCN=C=S)[C@H]1CC[C@H]2[C@@H]3[C@H](O)C[C@@H]4C[C@H](O)CC[C@]4(C)[C@H]3CC[C@]12C. The molecule has 3 nitrogen and oxygen atoms in total. The maximum Gasteiger partial charge on any atom is 0.0584 e. The Morgan fingerprint density at radius 3 is 2.52 bits per heavy atom. The molecule has 0 spiro atoms. The summed E-state index contributed by atoms with van der Waals surface area (Å²) in [5.41, 5.74) is 0.708. The van der Waals surface area contributed by atoms with Gasteiger partial charge in [0.05, 0.1) is 17.4 Å². The highest BCUT2D eigenvalue weighted by molar-refractivity contribution is 7.78. The average Bonchev–Trinajstić information content (AvgIpc) is 3.04. The van der Waals surface area contributed by atoms with Crippen LogP contribution in [0.5, 0.6) is 0 Å². The number of isothiocyanates is 1. The summed E-state index contributed by atoms with van der Waals surface area (Å²) in [7, 11) is 0. The highest BCUT2D eigenvalue weighted by Crippen LogP contribution is 2.68. The predicted molar refractivity (Wildman–Crippen MR) is 121 cm³/mol. The number of nitrogens with zero attached hydrogens (tertiary/aromatic N) is 1. The number of fused-ring (bicyclic) bond motifs is 5. The van der Waals surface area contributed by atoms with Crippen LogP contribution in [0.15, 0.2) is 4.99 Å². The zero-order valence-corrected chi connectivity index (χ0v) is 19.5. The van der Waals surface area contributed by atoms with Crippen LogP contribution >= 0.6 is 12.2 Å². The van der Waals surface area contributed by atoms with Crippen LogP contribution in [0.25, 0.3) is 0 Å². The monoisotopic (exact) mass is 419 g/mol. The molecule has 4 fully saturated rings. The van der Waals surface area contributed by atoms with E-state index in [0.29, 0.717) is 34.5 Å². The largest absolute Gasteiger partial charge is 0.393 e. The Labute approximate surface area is 182 Å². The number of aliphatic hydroxyl groups excluding tert-OH is 2. The standard InChI is InChI=1S/C25H41NO2S/c1-16(5-4-12-26-15-29)19-6-7-20-23-21(9-11-25(19,20)3)24(2)10-8-18(27)13-17(24)14-22(23)28/h16-23,27-28H,4-14H2,1-3H3/t16-,17-,18+,19+,20-,21-,22+,23-,24-,25+/m0/s1. The van der Waals surface area contributed by atoms with Crippen molar-refractivity contribution in [1.82, 2.24) is 0 Å². The molecule has 0 aromatic heterocycles. The van der Waals surface area contributed by atoms with Crippen LogP contribution in [-0.4, -0.2) is 34.1 Å². The van der Waals surface area contributed by atoms with Gasteiger partial charge in [0, 0.05) is 6.54 Å². The molecule has 0 heterocycles. The van der Waals surface area contributed by atoms with Crippen molar-refractivity contribution in [2.45, 2.75) is 97.2 Å². The summed E-state index contributed by atoms with van der Waals surface area (Å²) < 4.78 is 0. The summed E-state index contributed by atoms with van der Waals surface area (Å²) >= 11 is 4.70. The van der Waals surface area contributed by atoms with Crippen molar-refractivity contribution >= 4 is 17.4 Å². The smallest absolute Gasteiger partial charge is 0.0584 e. The first-order valence-corrected chi connectivity index (χ1v) is 12.6. The number of hydrogen-bond donors (Lipinski definition) is 2. The molecule has 0 radical (unpaired) electrons. The Balaban J connectivity index is 1.51. The Kier molecular flexibility index (Phi) is 6.31. The lowest BCUT2D eigenvalue weighted by Gasteiger charge is -2.62. The van der Waals surface area contributed by atoms with Gasteiger partial charge in [-0.3, -0.25) is 0 Å². The summed E-state index contributed by atoms with van der Waals surface area (Å²) in [4.78, 5) is 4.10. The van der Waals surface area contributed by atoms with Gasteiger partial charge in [0.2, 0.25) is 0 Å². The number of thiocarbonyl (C=S) groups is 1. The van der Waals surface area contributed by atoms with Crippen LogP contribution in [0.2, 0.25) is 0 Å². The molecular formula is C25H41NO2S. The molecule has 164 valence electrons. The maximum atomic E-state index is 11.3. The normalized spacial score (nSPS) is 50.0. The highest BCUT2D eigenvalue weighted by Gasteiger charge is 2.62. The Morgan fingerprint density at radius 1 is 1.03 bits per heavy atom. The first-order chi connectivity index (χ1) is 13.8. The van der Waals surface area contributed by atoms with Gasteiger partial charge in [-0.05, 0) is 123 Å². The quantitative estimate of drug-likeness (QED) is 0.352. The third-order valence-corrected chi connectivity index (χ3v) is 10.5. The minimum atomic E-state index is -0.168. The molecule has 4 aliphatic carbocycles. The second-order valence-corrected chi connectivity index (χ2v) is 11.7. The first kappa shape index (κ1) is 21.9. The van der Waals surface area contributed by atoms with E-state index in [1.165, 1.54) is 32.1 Å². The van der Waals surface area contributed by atoms with Crippen LogP contribution < -0.4 is 0 Å². The van der Waals surface area contributed by atoms with Crippen molar-refractivity contribution in [1.29, 1.82) is 0 Å². The van der Waals surface area contributed by atoms with Gasteiger partial charge in [-0.2, -0.15) is 0 Å². The molecule has 0 amide bonds. The topological polar surface area (TPSA) is 52.8 Å². The fraction of sp³-hybridized carbons (Fsp3) is 0.960. The lowest BCUT2D eigenvalue weighted by Crippen LogP contribution is -2.58. The molecule has 0 saturated heterocycles. The van der Waals surface area contributed by atoms with E-state index in [9.17, 15) is 10.2 Å². The lowest BCUT2D eigenvalue weighted by molar-refractivity contribution is -0.174. The van der Waals surface area contributed by atoms with Crippen molar-refractivity contribution in [2.24, 2.45) is 51.3 Å². The summed E-state index contributed by atoms with van der Waals surface area (Å²) in [5.74, 6) is 3.79. The Morgan fingerprint density at radius 2 is 1.76 bits per heavy atom. The second-order valence-electron chi connectivity index (χ2n) is 11.5. The van der Waals surface area contributed by atoms with E-state index in [2.05, 4.69) is 30.9 Å². The molecule has 0 unspecified atom stereocenters. The van der Waals surface area contributed by atoms with E-state index in [1.807, 2.05) is 0 Å². The van der Waals surface area contributed by atoms with Gasteiger partial charge in [0.1, 0.15) is 0 Å². The van der Waals surface area contributed by atoms with Gasteiger partial charge < -0.3 is 10.2 Å². The molecule has 0 aromatic rings. The van der Waals surface area contributed by atoms with Crippen molar-refractivity contribution in [2.75, 3.05) is 6.54 Å². The molecule has 0 bridgehead atoms. The van der Waals surface area contributed by atoms with E-state index < -0.39 is 0 Å². The van der Waals surface area contributed by atoms with Crippen LogP contribution in [0.4, 0.5) is 0 Å². The molecule has 0 aliphatic heterocycles. The Hall–Kier alpha value is -0.280. The van der Waals surface area contributed by atoms with Crippen molar-refractivity contribution in [3.8, 4) is 0 Å². The molecule has 4 saturated carbocycles.